The van der Waals surface area contributed by atoms with Gasteiger partial charge in [0.2, 0.25) is 0 Å². The van der Waals surface area contributed by atoms with E-state index in [1.165, 1.54) is 0 Å². The van der Waals surface area contributed by atoms with E-state index in [0.29, 0.717) is 6.42 Å². The molecule has 0 saturated heterocycles. The second kappa shape index (κ2) is 4.62. The number of halogens is 3. The van der Waals surface area contributed by atoms with E-state index < -0.39 is 3.79 Å². The molecule has 0 unspecified atom stereocenters. The summed E-state index contributed by atoms with van der Waals surface area (Å²) >= 11 is 16.4. The third kappa shape index (κ3) is 8.83. The van der Waals surface area contributed by atoms with Crippen molar-refractivity contribution in [2.45, 2.75) is 17.1 Å². The van der Waals surface area contributed by atoms with Gasteiger partial charge in [-0.1, -0.05) is 41.7 Å². The Morgan fingerprint density at radius 3 is 2.22 bits per heavy atom. The summed E-state index contributed by atoms with van der Waals surface area (Å²) in [7, 11) is 0. The maximum Gasteiger partial charge on any atom is 0.191 e. The van der Waals surface area contributed by atoms with Crippen LogP contribution in [0.3, 0.4) is 0 Å². The van der Waals surface area contributed by atoms with Gasteiger partial charge in [-0.05, 0) is 13.1 Å². The van der Waals surface area contributed by atoms with Crippen molar-refractivity contribution in [3.05, 3.63) is 0 Å². The van der Waals surface area contributed by atoms with E-state index in [2.05, 4.69) is 5.32 Å². The van der Waals surface area contributed by atoms with Crippen LogP contribution in [0.5, 0.6) is 0 Å². The number of hydrogen-bond donors (Lipinski definition) is 1. The maximum atomic E-state index is 5.46. The molecule has 0 atom stereocenters. The second-order valence-corrected chi connectivity index (χ2v) is 4.23. The highest BCUT2D eigenvalue weighted by Crippen LogP contribution is 2.28. The molecule has 0 fully saturated rings. The summed E-state index contributed by atoms with van der Waals surface area (Å²) in [6.07, 6.45) is 0.561. The first-order chi connectivity index (χ1) is 4.06. The Morgan fingerprint density at radius 1 is 1.33 bits per heavy atom. The summed E-state index contributed by atoms with van der Waals surface area (Å²) in [5.41, 5.74) is 0. The van der Waals surface area contributed by atoms with Crippen LogP contribution in [0.2, 0.25) is 0 Å². The Bertz CT molecular complexity index is 69.1. The average Bonchev–Trinajstić information content (AvgIpc) is 1.63. The molecule has 0 aliphatic heterocycles. The molecular formula is C5H10Cl3N. The van der Waals surface area contributed by atoms with E-state index in [1.54, 1.807) is 0 Å². The quantitative estimate of drug-likeness (QED) is 0.532. The van der Waals surface area contributed by atoms with Gasteiger partial charge in [0.25, 0.3) is 0 Å². The number of hydrogen-bond acceptors (Lipinski definition) is 1. The van der Waals surface area contributed by atoms with Gasteiger partial charge >= 0.3 is 0 Å². The monoisotopic (exact) mass is 189 g/mol. The lowest BCUT2D eigenvalue weighted by Crippen LogP contribution is -2.19. The van der Waals surface area contributed by atoms with Gasteiger partial charge in [0.1, 0.15) is 0 Å². The number of nitrogens with one attached hydrogen (secondary N) is 1. The van der Waals surface area contributed by atoms with E-state index in [1.807, 2.05) is 6.92 Å². The minimum Gasteiger partial charge on any atom is -0.317 e. The molecule has 0 amide bonds. The third-order valence-corrected chi connectivity index (χ3v) is 1.40. The minimum atomic E-state index is -1.10. The summed E-state index contributed by atoms with van der Waals surface area (Å²) in [5.74, 6) is 0. The predicted molar refractivity (Wildman–Crippen MR) is 43.5 cm³/mol. The predicted octanol–water partition coefficient (Wildman–Crippen LogP) is 2.36. The summed E-state index contributed by atoms with van der Waals surface area (Å²) < 4.78 is -1.10. The van der Waals surface area contributed by atoms with Crippen LogP contribution in [-0.4, -0.2) is 16.9 Å². The highest BCUT2D eigenvalue weighted by atomic mass is 35.6. The first kappa shape index (κ1) is 9.83. The Labute approximate surface area is 70.7 Å². The Hall–Kier alpha value is 0.830. The summed E-state index contributed by atoms with van der Waals surface area (Å²) in [6, 6.07) is 0. The van der Waals surface area contributed by atoms with Crippen LogP contribution < -0.4 is 5.32 Å². The zero-order chi connectivity index (χ0) is 7.33. The van der Waals surface area contributed by atoms with Crippen molar-refractivity contribution < 1.29 is 0 Å². The van der Waals surface area contributed by atoms with Gasteiger partial charge in [-0.25, -0.2) is 0 Å². The minimum absolute atomic E-state index is 0.561. The third-order valence-electron chi connectivity index (χ3n) is 0.835. The van der Waals surface area contributed by atoms with Gasteiger partial charge in [-0.15, -0.1) is 0 Å². The van der Waals surface area contributed by atoms with Crippen LogP contribution in [0.25, 0.3) is 0 Å². The normalized spacial score (nSPS) is 12.0. The van der Waals surface area contributed by atoms with Crippen molar-refractivity contribution in [2.75, 3.05) is 13.1 Å². The van der Waals surface area contributed by atoms with Crippen LogP contribution >= 0.6 is 34.8 Å². The molecule has 9 heavy (non-hydrogen) atoms. The van der Waals surface area contributed by atoms with Gasteiger partial charge < -0.3 is 5.32 Å². The summed E-state index contributed by atoms with van der Waals surface area (Å²) in [4.78, 5) is 0. The fourth-order valence-electron chi connectivity index (χ4n) is 0.407. The van der Waals surface area contributed by atoms with Crippen LogP contribution in [-0.2, 0) is 0 Å². The van der Waals surface area contributed by atoms with Gasteiger partial charge in [-0.3, -0.25) is 0 Å². The van der Waals surface area contributed by atoms with Gasteiger partial charge in [0.15, 0.2) is 3.79 Å². The Morgan fingerprint density at radius 2 is 1.89 bits per heavy atom. The molecular weight excluding hydrogens is 180 g/mol. The number of rotatable bonds is 3. The second-order valence-electron chi connectivity index (χ2n) is 1.72. The fourth-order valence-corrected chi connectivity index (χ4v) is 0.690. The molecule has 1 nitrogen and oxygen atoms in total. The van der Waals surface area contributed by atoms with Crippen molar-refractivity contribution in [1.82, 2.24) is 5.32 Å². The molecule has 0 saturated carbocycles. The molecule has 0 radical (unpaired) electrons. The lowest BCUT2D eigenvalue weighted by Gasteiger charge is -2.09. The van der Waals surface area contributed by atoms with E-state index >= 15 is 0 Å². The smallest absolute Gasteiger partial charge is 0.191 e. The molecule has 4 heteroatoms. The zero-order valence-corrected chi connectivity index (χ0v) is 7.52. The highest BCUT2D eigenvalue weighted by molar-refractivity contribution is 6.67. The Balaban J connectivity index is 3.07. The maximum absolute atomic E-state index is 5.46. The lowest BCUT2D eigenvalue weighted by atomic mass is 10.5. The van der Waals surface area contributed by atoms with Crippen LogP contribution in [0, 0.1) is 0 Å². The molecule has 0 aromatic carbocycles. The first-order valence-corrected chi connectivity index (χ1v) is 3.97. The van der Waals surface area contributed by atoms with Gasteiger partial charge in [0, 0.05) is 6.42 Å². The van der Waals surface area contributed by atoms with Crippen LogP contribution in [0.4, 0.5) is 0 Å². The highest BCUT2D eigenvalue weighted by Gasteiger charge is 2.17. The van der Waals surface area contributed by atoms with E-state index in [-0.39, 0.29) is 0 Å². The van der Waals surface area contributed by atoms with Crippen molar-refractivity contribution in [3.63, 3.8) is 0 Å². The van der Waals surface area contributed by atoms with Crippen LogP contribution in [0.1, 0.15) is 13.3 Å². The topological polar surface area (TPSA) is 12.0 Å². The molecule has 1 N–H and O–H groups in total. The molecule has 0 rings (SSSR count). The Kier molecular flexibility index (Phi) is 5.04. The van der Waals surface area contributed by atoms with Crippen molar-refractivity contribution >= 4 is 34.8 Å². The van der Waals surface area contributed by atoms with Crippen molar-refractivity contribution in [2.24, 2.45) is 0 Å². The fraction of sp³-hybridized carbons (Fsp3) is 1.00. The standard InChI is InChI=1S/C5H10Cl3N/c1-2-9-4-3-5(6,7)8/h9H,2-4H2,1H3. The largest absolute Gasteiger partial charge is 0.317 e. The van der Waals surface area contributed by atoms with Crippen LogP contribution in [0.15, 0.2) is 0 Å². The van der Waals surface area contributed by atoms with Gasteiger partial charge in [-0.2, -0.15) is 0 Å². The summed E-state index contributed by atoms with van der Waals surface area (Å²) in [5, 5.41) is 3.05. The van der Waals surface area contributed by atoms with Crippen molar-refractivity contribution in [3.8, 4) is 0 Å². The van der Waals surface area contributed by atoms with E-state index in [0.717, 1.165) is 13.1 Å². The molecule has 0 spiro atoms. The molecule has 56 valence electrons. The SMILES string of the molecule is CCNCCC(Cl)(Cl)Cl. The average molecular weight is 191 g/mol. The molecule has 0 aromatic heterocycles. The lowest BCUT2D eigenvalue weighted by molar-refractivity contribution is 0.682. The molecule has 0 aromatic rings. The first-order valence-electron chi connectivity index (χ1n) is 2.83. The molecule has 0 bridgehead atoms. The summed E-state index contributed by atoms with van der Waals surface area (Å²) in [6.45, 7) is 3.69. The zero-order valence-electron chi connectivity index (χ0n) is 5.26. The van der Waals surface area contributed by atoms with E-state index in [4.69, 9.17) is 34.8 Å². The number of alkyl halides is 3. The van der Waals surface area contributed by atoms with Crippen molar-refractivity contribution in [1.29, 1.82) is 0 Å². The molecule has 0 heterocycles. The van der Waals surface area contributed by atoms with Gasteiger partial charge in [0.05, 0.1) is 0 Å². The molecule has 0 aliphatic carbocycles. The van der Waals surface area contributed by atoms with E-state index in [9.17, 15) is 0 Å². The molecule has 0 aliphatic rings.